The number of esters is 1. The van der Waals surface area contributed by atoms with Gasteiger partial charge in [-0.05, 0) is 12.5 Å². The standard InChI is InChI=1S/C17H14N2O8/c1-8-13(16(21)22)14(10-4-3-5-11(6-10)19(25)26)15(17(23)24)12(18-8)7-27-9(2)20/h3-6H,7H2,1-2H3,(H,21,22)(H,23,24). The number of pyridine rings is 1. The number of aryl methyl sites for hydroxylation is 1. The molecule has 140 valence electrons. The van der Waals surface area contributed by atoms with Gasteiger partial charge in [0.05, 0.1) is 27.4 Å². The molecule has 0 aliphatic carbocycles. The van der Waals surface area contributed by atoms with Crippen LogP contribution in [0.3, 0.4) is 0 Å². The Hall–Kier alpha value is -3.82. The molecule has 10 nitrogen and oxygen atoms in total. The Balaban J connectivity index is 2.88. The molecular weight excluding hydrogens is 360 g/mol. The van der Waals surface area contributed by atoms with E-state index in [-0.39, 0.29) is 28.2 Å². The van der Waals surface area contributed by atoms with Crippen molar-refractivity contribution in [2.24, 2.45) is 0 Å². The van der Waals surface area contributed by atoms with Gasteiger partial charge in [-0.3, -0.25) is 19.9 Å². The maximum absolute atomic E-state index is 11.9. The largest absolute Gasteiger partial charge is 0.478 e. The monoisotopic (exact) mass is 374 g/mol. The third-order valence-electron chi connectivity index (χ3n) is 3.64. The van der Waals surface area contributed by atoms with Gasteiger partial charge in [0.1, 0.15) is 6.61 Å². The number of carboxylic acids is 2. The van der Waals surface area contributed by atoms with Gasteiger partial charge in [-0.2, -0.15) is 0 Å². The van der Waals surface area contributed by atoms with Crippen LogP contribution in [0.4, 0.5) is 5.69 Å². The second-order valence-corrected chi connectivity index (χ2v) is 5.47. The zero-order valence-corrected chi connectivity index (χ0v) is 14.3. The van der Waals surface area contributed by atoms with Crippen molar-refractivity contribution in [3.8, 4) is 11.1 Å². The van der Waals surface area contributed by atoms with Gasteiger partial charge >= 0.3 is 17.9 Å². The van der Waals surface area contributed by atoms with E-state index in [1.807, 2.05) is 0 Å². The first-order chi connectivity index (χ1) is 12.6. The average molecular weight is 374 g/mol. The van der Waals surface area contributed by atoms with Gasteiger partial charge in [0.2, 0.25) is 0 Å². The van der Waals surface area contributed by atoms with Crippen LogP contribution in [0.1, 0.15) is 39.0 Å². The number of carboxylic acid groups (broad SMARTS) is 2. The van der Waals surface area contributed by atoms with Crippen LogP contribution < -0.4 is 0 Å². The highest BCUT2D eigenvalue weighted by Gasteiger charge is 2.28. The SMILES string of the molecule is CC(=O)OCc1nc(C)c(C(=O)O)c(-c2cccc([N+](=O)[O-])c2)c1C(=O)O. The molecule has 27 heavy (non-hydrogen) atoms. The fourth-order valence-electron chi connectivity index (χ4n) is 2.59. The molecule has 0 spiro atoms. The van der Waals surface area contributed by atoms with Gasteiger partial charge in [0.25, 0.3) is 5.69 Å². The summed E-state index contributed by atoms with van der Waals surface area (Å²) < 4.78 is 4.81. The van der Waals surface area contributed by atoms with Gasteiger partial charge in [0, 0.05) is 24.6 Å². The highest BCUT2D eigenvalue weighted by atomic mass is 16.6. The summed E-state index contributed by atoms with van der Waals surface area (Å²) in [4.78, 5) is 49.0. The molecule has 1 aromatic heterocycles. The fraction of sp³-hybridized carbons (Fsp3) is 0.176. The Kier molecular flexibility index (Phi) is 5.49. The molecule has 0 amide bonds. The number of hydrogen-bond donors (Lipinski definition) is 2. The lowest BCUT2D eigenvalue weighted by Crippen LogP contribution is -2.16. The third-order valence-corrected chi connectivity index (χ3v) is 3.64. The maximum Gasteiger partial charge on any atom is 0.338 e. The van der Waals surface area contributed by atoms with Gasteiger partial charge in [-0.15, -0.1) is 0 Å². The van der Waals surface area contributed by atoms with Crippen LogP contribution in [0.15, 0.2) is 24.3 Å². The molecular formula is C17H14N2O8. The van der Waals surface area contributed by atoms with Crippen LogP contribution in [-0.4, -0.2) is 38.0 Å². The quantitative estimate of drug-likeness (QED) is 0.440. The van der Waals surface area contributed by atoms with Crippen LogP contribution in [0.2, 0.25) is 0 Å². The predicted octanol–water partition coefficient (Wildman–Crippen LogP) is 2.42. The van der Waals surface area contributed by atoms with E-state index in [0.717, 1.165) is 13.0 Å². The predicted molar refractivity (Wildman–Crippen MR) is 90.5 cm³/mol. The van der Waals surface area contributed by atoms with Crippen LogP contribution in [0, 0.1) is 17.0 Å². The Bertz CT molecular complexity index is 968. The molecule has 0 saturated carbocycles. The number of non-ortho nitro benzene ring substituents is 1. The lowest BCUT2D eigenvalue weighted by atomic mass is 9.92. The minimum Gasteiger partial charge on any atom is -0.478 e. The molecule has 0 aliphatic heterocycles. The summed E-state index contributed by atoms with van der Waals surface area (Å²) in [5, 5.41) is 30.2. The van der Waals surface area contributed by atoms with E-state index in [1.54, 1.807) is 0 Å². The smallest absolute Gasteiger partial charge is 0.338 e. The van der Waals surface area contributed by atoms with E-state index < -0.39 is 40.6 Å². The fourth-order valence-corrected chi connectivity index (χ4v) is 2.59. The number of aromatic nitrogens is 1. The molecule has 0 radical (unpaired) electrons. The van der Waals surface area contributed by atoms with Crippen molar-refractivity contribution in [1.82, 2.24) is 4.98 Å². The molecule has 2 aromatic rings. The molecule has 0 bridgehead atoms. The molecule has 1 heterocycles. The number of nitro benzene ring substituents is 1. The molecule has 0 unspecified atom stereocenters. The number of carbonyl (C=O) groups is 3. The number of rotatable bonds is 6. The number of hydrogen-bond acceptors (Lipinski definition) is 7. The summed E-state index contributed by atoms with van der Waals surface area (Å²) in [6, 6.07) is 4.93. The van der Waals surface area contributed by atoms with Crippen molar-refractivity contribution in [2.75, 3.05) is 0 Å². The van der Waals surface area contributed by atoms with Crippen LogP contribution in [0.25, 0.3) is 11.1 Å². The summed E-state index contributed by atoms with van der Waals surface area (Å²) in [5.74, 6) is -3.62. The molecule has 0 atom stereocenters. The zero-order chi connectivity index (χ0) is 20.3. The van der Waals surface area contributed by atoms with Crippen LogP contribution >= 0.6 is 0 Å². The lowest BCUT2D eigenvalue weighted by Gasteiger charge is -2.16. The highest BCUT2D eigenvalue weighted by molar-refractivity contribution is 6.06. The van der Waals surface area contributed by atoms with E-state index in [0.29, 0.717) is 0 Å². The summed E-state index contributed by atoms with van der Waals surface area (Å²) in [6.07, 6.45) is 0. The second-order valence-electron chi connectivity index (χ2n) is 5.47. The molecule has 2 rings (SSSR count). The van der Waals surface area contributed by atoms with Crippen molar-refractivity contribution in [3.63, 3.8) is 0 Å². The van der Waals surface area contributed by atoms with Crippen molar-refractivity contribution in [1.29, 1.82) is 0 Å². The van der Waals surface area contributed by atoms with Gasteiger partial charge in [0.15, 0.2) is 0 Å². The van der Waals surface area contributed by atoms with E-state index in [1.165, 1.54) is 25.1 Å². The Labute approximate surface area is 152 Å². The summed E-state index contributed by atoms with van der Waals surface area (Å²) in [6.45, 7) is 1.99. The molecule has 0 saturated heterocycles. The normalized spacial score (nSPS) is 10.3. The molecule has 10 heteroatoms. The van der Waals surface area contributed by atoms with E-state index >= 15 is 0 Å². The highest BCUT2D eigenvalue weighted by Crippen LogP contribution is 2.33. The molecule has 0 fully saturated rings. The minimum absolute atomic E-state index is 0.0174. The molecule has 1 aromatic carbocycles. The van der Waals surface area contributed by atoms with Crippen molar-refractivity contribution >= 4 is 23.6 Å². The number of ether oxygens (including phenoxy) is 1. The van der Waals surface area contributed by atoms with Gasteiger partial charge in [-0.25, -0.2) is 9.59 Å². The first-order valence-corrected chi connectivity index (χ1v) is 7.51. The van der Waals surface area contributed by atoms with Crippen LogP contribution in [0.5, 0.6) is 0 Å². The lowest BCUT2D eigenvalue weighted by molar-refractivity contribution is -0.384. The number of aromatic carboxylic acids is 2. The van der Waals surface area contributed by atoms with E-state index in [2.05, 4.69) is 4.98 Å². The number of carbonyl (C=O) groups excluding carboxylic acids is 1. The third kappa shape index (κ3) is 4.06. The van der Waals surface area contributed by atoms with Crippen molar-refractivity contribution in [3.05, 3.63) is 56.9 Å². The van der Waals surface area contributed by atoms with E-state index in [4.69, 9.17) is 4.74 Å². The number of nitro groups is 1. The van der Waals surface area contributed by atoms with E-state index in [9.17, 15) is 34.7 Å². The Morgan fingerprint density at radius 2 is 1.81 bits per heavy atom. The Morgan fingerprint density at radius 1 is 1.19 bits per heavy atom. The van der Waals surface area contributed by atoms with Crippen molar-refractivity contribution < 1.29 is 34.3 Å². The van der Waals surface area contributed by atoms with Gasteiger partial charge in [-0.1, -0.05) is 12.1 Å². The topological polar surface area (TPSA) is 157 Å². The first-order valence-electron chi connectivity index (χ1n) is 7.51. The summed E-state index contributed by atoms with van der Waals surface area (Å²) in [7, 11) is 0. The number of nitrogens with zero attached hydrogens (tertiary/aromatic N) is 2. The Morgan fingerprint density at radius 3 is 2.33 bits per heavy atom. The second kappa shape index (κ2) is 7.60. The summed E-state index contributed by atoms with van der Waals surface area (Å²) in [5.41, 5.74) is -1.64. The van der Waals surface area contributed by atoms with Crippen molar-refractivity contribution in [2.45, 2.75) is 20.5 Å². The zero-order valence-electron chi connectivity index (χ0n) is 14.3. The minimum atomic E-state index is -1.51. The number of benzene rings is 1. The molecule has 2 N–H and O–H groups in total. The maximum atomic E-state index is 11.9. The van der Waals surface area contributed by atoms with Gasteiger partial charge < -0.3 is 14.9 Å². The molecule has 0 aliphatic rings. The first kappa shape index (κ1) is 19.5. The summed E-state index contributed by atoms with van der Waals surface area (Å²) >= 11 is 0. The van der Waals surface area contributed by atoms with Crippen LogP contribution in [-0.2, 0) is 16.1 Å². The average Bonchev–Trinajstić information content (AvgIpc) is 2.58.